The van der Waals surface area contributed by atoms with E-state index >= 15 is 0 Å². The quantitative estimate of drug-likeness (QED) is 0.812. The van der Waals surface area contributed by atoms with Crippen LogP contribution in [0.15, 0.2) is 12.4 Å². The highest BCUT2D eigenvalue weighted by molar-refractivity contribution is 5.79. The summed E-state index contributed by atoms with van der Waals surface area (Å²) in [5, 5.41) is 7.01. The van der Waals surface area contributed by atoms with Gasteiger partial charge in [-0.2, -0.15) is 5.10 Å². The minimum Gasteiger partial charge on any atom is -0.366 e. The highest BCUT2D eigenvalue weighted by atomic mass is 16.5. The van der Waals surface area contributed by atoms with Crippen molar-refractivity contribution >= 4 is 11.8 Å². The normalized spacial score (nSPS) is 25.4. The molecular weight excluding hydrogens is 272 g/mol. The molecule has 2 aliphatic heterocycles. The van der Waals surface area contributed by atoms with E-state index in [-0.39, 0.29) is 30.6 Å². The van der Waals surface area contributed by atoms with Gasteiger partial charge in [-0.15, -0.1) is 0 Å². The number of nitrogens with zero attached hydrogens (tertiary/aromatic N) is 3. The van der Waals surface area contributed by atoms with Crippen molar-refractivity contribution in [1.29, 1.82) is 0 Å². The van der Waals surface area contributed by atoms with Crippen LogP contribution in [-0.4, -0.2) is 58.3 Å². The lowest BCUT2D eigenvalue weighted by molar-refractivity contribution is -0.146. The van der Waals surface area contributed by atoms with Crippen LogP contribution in [0.4, 0.5) is 0 Å². The topological polar surface area (TPSA) is 76.5 Å². The zero-order valence-electron chi connectivity index (χ0n) is 12.1. The maximum absolute atomic E-state index is 12.3. The van der Waals surface area contributed by atoms with Crippen LogP contribution in [0.5, 0.6) is 0 Å². The Kier molecular flexibility index (Phi) is 3.92. The van der Waals surface area contributed by atoms with Crippen LogP contribution in [0, 0.1) is 0 Å². The van der Waals surface area contributed by atoms with Crippen molar-refractivity contribution < 1.29 is 14.3 Å². The van der Waals surface area contributed by atoms with Crippen LogP contribution in [-0.2, 0) is 27.8 Å². The predicted molar refractivity (Wildman–Crippen MR) is 74.4 cm³/mol. The fourth-order valence-corrected chi connectivity index (χ4v) is 2.94. The molecule has 3 rings (SSSR count). The highest BCUT2D eigenvalue weighted by Gasteiger charge is 2.35. The Bertz CT molecular complexity index is 542. The van der Waals surface area contributed by atoms with Crippen LogP contribution in [0.3, 0.4) is 0 Å². The number of carbonyl (C=O) groups excluding carboxylic acids is 2. The first-order valence-electron chi connectivity index (χ1n) is 7.28. The van der Waals surface area contributed by atoms with Crippen molar-refractivity contribution in [2.75, 3.05) is 19.7 Å². The summed E-state index contributed by atoms with van der Waals surface area (Å²) in [4.78, 5) is 25.5. The SMILES string of the molecule is Cn1cc(CCC(=O)N2CC[C@H]3OCC(=O)N[C@H]3C2)cn1. The molecule has 0 saturated carbocycles. The molecule has 2 saturated heterocycles. The third-order valence-corrected chi connectivity index (χ3v) is 4.06. The van der Waals surface area contributed by atoms with Gasteiger partial charge in [-0.05, 0) is 18.4 Å². The van der Waals surface area contributed by atoms with E-state index in [0.29, 0.717) is 25.9 Å². The Labute approximate surface area is 123 Å². The van der Waals surface area contributed by atoms with E-state index < -0.39 is 0 Å². The molecule has 7 heteroatoms. The number of nitrogens with one attached hydrogen (secondary N) is 1. The molecule has 21 heavy (non-hydrogen) atoms. The van der Waals surface area contributed by atoms with Crippen molar-refractivity contribution in [3.63, 3.8) is 0 Å². The molecule has 2 fully saturated rings. The predicted octanol–water partition coefficient (Wildman–Crippen LogP) is -0.531. The van der Waals surface area contributed by atoms with Gasteiger partial charge in [0.1, 0.15) is 6.61 Å². The van der Waals surface area contributed by atoms with Crippen molar-refractivity contribution in [1.82, 2.24) is 20.0 Å². The lowest BCUT2D eigenvalue weighted by atomic mass is 10.00. The monoisotopic (exact) mass is 292 g/mol. The Morgan fingerprint density at radius 3 is 3.19 bits per heavy atom. The molecule has 0 aliphatic carbocycles. The van der Waals surface area contributed by atoms with Crippen molar-refractivity contribution in [3.8, 4) is 0 Å². The second-order valence-corrected chi connectivity index (χ2v) is 5.67. The van der Waals surface area contributed by atoms with Crippen molar-refractivity contribution in [3.05, 3.63) is 18.0 Å². The highest BCUT2D eigenvalue weighted by Crippen LogP contribution is 2.18. The number of piperidine rings is 1. The number of ether oxygens (including phenoxy) is 1. The summed E-state index contributed by atoms with van der Waals surface area (Å²) in [5.74, 6) is 0.0260. The van der Waals surface area contributed by atoms with E-state index in [9.17, 15) is 9.59 Å². The molecule has 2 atom stereocenters. The van der Waals surface area contributed by atoms with Gasteiger partial charge in [-0.25, -0.2) is 0 Å². The standard InChI is InChI=1S/C14H20N4O3/c1-17-7-10(6-15-17)2-3-14(20)18-5-4-12-11(8-18)16-13(19)9-21-12/h6-7,11-12H,2-5,8-9H2,1H3,(H,16,19)/t11-,12+/m0/s1. The molecule has 0 spiro atoms. The minimum absolute atomic E-state index is 0.0464. The van der Waals surface area contributed by atoms with Gasteiger partial charge in [0.15, 0.2) is 0 Å². The first kappa shape index (κ1) is 14.1. The molecule has 0 bridgehead atoms. The zero-order chi connectivity index (χ0) is 14.8. The number of fused-ring (bicyclic) bond motifs is 1. The lowest BCUT2D eigenvalue weighted by Gasteiger charge is -2.41. The zero-order valence-corrected chi connectivity index (χ0v) is 12.1. The fraction of sp³-hybridized carbons (Fsp3) is 0.643. The maximum atomic E-state index is 12.3. The smallest absolute Gasteiger partial charge is 0.246 e. The maximum Gasteiger partial charge on any atom is 0.246 e. The summed E-state index contributed by atoms with van der Waals surface area (Å²) in [6.07, 6.45) is 5.70. The summed E-state index contributed by atoms with van der Waals surface area (Å²) in [5.41, 5.74) is 1.06. The molecule has 2 amide bonds. The Morgan fingerprint density at radius 1 is 1.57 bits per heavy atom. The average molecular weight is 292 g/mol. The van der Waals surface area contributed by atoms with Gasteiger partial charge in [0.05, 0.1) is 18.3 Å². The largest absolute Gasteiger partial charge is 0.366 e. The van der Waals surface area contributed by atoms with E-state index in [1.165, 1.54) is 0 Å². The number of hydrogen-bond donors (Lipinski definition) is 1. The fourth-order valence-electron chi connectivity index (χ4n) is 2.94. The van der Waals surface area contributed by atoms with Gasteiger partial charge in [-0.3, -0.25) is 14.3 Å². The molecule has 1 aromatic rings. The van der Waals surface area contributed by atoms with E-state index in [1.807, 2.05) is 18.1 Å². The van der Waals surface area contributed by atoms with Gasteiger partial charge in [0.25, 0.3) is 0 Å². The summed E-state index contributed by atoms with van der Waals surface area (Å²) < 4.78 is 7.23. The summed E-state index contributed by atoms with van der Waals surface area (Å²) in [7, 11) is 1.86. The number of rotatable bonds is 3. The average Bonchev–Trinajstić information content (AvgIpc) is 2.89. The summed E-state index contributed by atoms with van der Waals surface area (Å²) in [6.45, 7) is 1.38. The van der Waals surface area contributed by atoms with Crippen LogP contribution < -0.4 is 5.32 Å². The first-order chi connectivity index (χ1) is 10.1. The molecule has 0 radical (unpaired) electrons. The lowest BCUT2D eigenvalue weighted by Crippen LogP contribution is -2.61. The van der Waals surface area contributed by atoms with Crippen molar-refractivity contribution in [2.45, 2.75) is 31.4 Å². The van der Waals surface area contributed by atoms with Crippen LogP contribution >= 0.6 is 0 Å². The van der Waals surface area contributed by atoms with Gasteiger partial charge in [0.2, 0.25) is 11.8 Å². The number of aromatic nitrogens is 2. The third kappa shape index (κ3) is 3.24. The third-order valence-electron chi connectivity index (χ3n) is 4.06. The molecule has 0 aromatic carbocycles. The molecule has 1 N–H and O–H groups in total. The van der Waals surface area contributed by atoms with Crippen LogP contribution in [0.25, 0.3) is 0 Å². The summed E-state index contributed by atoms with van der Waals surface area (Å²) in [6, 6.07) is -0.0673. The molecule has 2 aliphatic rings. The molecule has 3 heterocycles. The van der Waals surface area contributed by atoms with Crippen LogP contribution in [0.1, 0.15) is 18.4 Å². The number of amides is 2. The Hall–Kier alpha value is -1.89. The molecule has 0 unspecified atom stereocenters. The first-order valence-corrected chi connectivity index (χ1v) is 7.28. The number of aryl methyl sites for hydroxylation is 2. The molecular formula is C14H20N4O3. The number of likely N-dealkylation sites (tertiary alicyclic amines) is 1. The van der Waals surface area contributed by atoms with Gasteiger partial charge >= 0.3 is 0 Å². The van der Waals surface area contributed by atoms with Gasteiger partial charge in [0, 0.05) is 32.8 Å². The molecule has 7 nitrogen and oxygen atoms in total. The molecule has 114 valence electrons. The van der Waals surface area contributed by atoms with E-state index in [0.717, 1.165) is 12.0 Å². The second kappa shape index (κ2) is 5.85. The number of hydrogen-bond acceptors (Lipinski definition) is 4. The Morgan fingerprint density at radius 2 is 2.43 bits per heavy atom. The van der Waals surface area contributed by atoms with E-state index in [1.54, 1.807) is 10.9 Å². The Balaban J connectivity index is 1.52. The minimum atomic E-state index is -0.0964. The number of carbonyl (C=O) groups is 2. The molecule has 1 aromatic heterocycles. The second-order valence-electron chi connectivity index (χ2n) is 5.67. The van der Waals surface area contributed by atoms with Gasteiger partial charge in [-0.1, -0.05) is 0 Å². The summed E-state index contributed by atoms with van der Waals surface area (Å²) >= 11 is 0. The van der Waals surface area contributed by atoms with Crippen molar-refractivity contribution in [2.24, 2.45) is 7.05 Å². The van der Waals surface area contributed by atoms with E-state index in [4.69, 9.17) is 4.74 Å². The van der Waals surface area contributed by atoms with Crippen LogP contribution in [0.2, 0.25) is 0 Å². The van der Waals surface area contributed by atoms with E-state index in [2.05, 4.69) is 10.4 Å². The number of morpholine rings is 1. The van der Waals surface area contributed by atoms with Gasteiger partial charge < -0.3 is 15.0 Å².